The number of ether oxygens (including phenoxy) is 1. The molecule has 0 radical (unpaired) electrons. The summed E-state index contributed by atoms with van der Waals surface area (Å²) in [6, 6.07) is 4.57. The van der Waals surface area contributed by atoms with Crippen LogP contribution in [-0.4, -0.2) is 50.8 Å². The molecular formula is C21H20O7. The smallest absolute Gasteiger partial charge is 0.202 e. The zero-order valence-corrected chi connectivity index (χ0v) is 15.4. The topological polar surface area (TPSA) is 124 Å². The number of phenolic OH excluding ortho intramolecular Hbond substituents is 2. The third-order valence-corrected chi connectivity index (χ3v) is 5.90. The first kappa shape index (κ1) is 18.5. The van der Waals surface area contributed by atoms with Gasteiger partial charge in [0.15, 0.2) is 5.78 Å². The molecule has 0 saturated carbocycles. The van der Waals surface area contributed by atoms with Crippen LogP contribution in [0.5, 0.6) is 17.2 Å². The van der Waals surface area contributed by atoms with Crippen molar-refractivity contribution in [3.8, 4) is 17.2 Å². The first-order valence-corrected chi connectivity index (χ1v) is 8.97. The Bertz CT molecular complexity index is 1040. The molecule has 0 amide bonds. The Morgan fingerprint density at radius 2 is 1.68 bits per heavy atom. The molecule has 0 aliphatic heterocycles. The highest BCUT2D eigenvalue weighted by molar-refractivity contribution is 6.31. The molecule has 146 valence electrons. The van der Waals surface area contributed by atoms with E-state index in [0.29, 0.717) is 5.56 Å². The van der Waals surface area contributed by atoms with Gasteiger partial charge in [-0.15, -0.1) is 0 Å². The quantitative estimate of drug-likeness (QED) is 0.493. The number of carbonyl (C=O) groups excluding carboxylic acids is 2. The Morgan fingerprint density at radius 3 is 2.32 bits per heavy atom. The number of ketones is 2. The largest absolute Gasteiger partial charge is 0.507 e. The number of fused-ring (bicyclic) bond motifs is 3. The van der Waals surface area contributed by atoms with Gasteiger partial charge in [-0.3, -0.25) is 9.59 Å². The van der Waals surface area contributed by atoms with E-state index in [9.17, 15) is 30.0 Å². The Kier molecular flexibility index (Phi) is 3.99. The normalized spacial score (nSPS) is 21.6. The maximum absolute atomic E-state index is 13.1. The zero-order valence-electron chi connectivity index (χ0n) is 15.4. The summed E-state index contributed by atoms with van der Waals surface area (Å²) < 4.78 is 5.20. The second-order valence-corrected chi connectivity index (χ2v) is 7.40. The highest BCUT2D eigenvalue weighted by Crippen LogP contribution is 2.48. The van der Waals surface area contributed by atoms with Gasteiger partial charge >= 0.3 is 0 Å². The molecule has 0 spiro atoms. The van der Waals surface area contributed by atoms with E-state index in [2.05, 4.69) is 0 Å². The predicted molar refractivity (Wildman–Crippen MR) is 98.3 cm³/mol. The van der Waals surface area contributed by atoms with Crippen molar-refractivity contribution in [2.24, 2.45) is 0 Å². The average molecular weight is 384 g/mol. The highest BCUT2D eigenvalue weighted by atomic mass is 16.5. The molecule has 2 atom stereocenters. The van der Waals surface area contributed by atoms with Crippen LogP contribution >= 0.6 is 0 Å². The summed E-state index contributed by atoms with van der Waals surface area (Å²) >= 11 is 0. The first-order chi connectivity index (χ1) is 13.2. The molecular weight excluding hydrogens is 364 g/mol. The van der Waals surface area contributed by atoms with Crippen LogP contribution in [0.3, 0.4) is 0 Å². The number of aliphatic hydroxyl groups excluding tert-OH is 1. The fraction of sp³-hybridized carbons (Fsp3) is 0.333. The number of carbonyl (C=O) groups is 2. The Hall–Kier alpha value is -2.90. The summed E-state index contributed by atoms with van der Waals surface area (Å²) in [7, 11) is 1.38. The number of phenols is 2. The lowest BCUT2D eigenvalue weighted by Gasteiger charge is -2.37. The summed E-state index contributed by atoms with van der Waals surface area (Å²) in [6.45, 7) is 1.44. The lowest BCUT2D eigenvalue weighted by molar-refractivity contribution is -0.0748. The first-order valence-electron chi connectivity index (χ1n) is 8.97. The van der Waals surface area contributed by atoms with E-state index >= 15 is 0 Å². The van der Waals surface area contributed by atoms with Crippen molar-refractivity contribution in [1.82, 2.24) is 0 Å². The second kappa shape index (κ2) is 6.05. The lowest BCUT2D eigenvalue weighted by Crippen LogP contribution is -2.45. The number of benzene rings is 2. The molecule has 2 aliphatic carbocycles. The molecule has 0 saturated heterocycles. The van der Waals surface area contributed by atoms with Crippen LogP contribution in [0.15, 0.2) is 18.2 Å². The van der Waals surface area contributed by atoms with Crippen molar-refractivity contribution < 1.29 is 34.8 Å². The molecule has 4 N–H and O–H groups in total. The number of rotatable bonds is 2. The minimum Gasteiger partial charge on any atom is -0.507 e. The summed E-state index contributed by atoms with van der Waals surface area (Å²) in [5, 5.41) is 42.2. The summed E-state index contributed by atoms with van der Waals surface area (Å²) in [5.41, 5.74) is -1.41. The molecule has 2 aromatic rings. The Morgan fingerprint density at radius 1 is 1.04 bits per heavy atom. The highest BCUT2D eigenvalue weighted by Gasteiger charge is 2.44. The lowest BCUT2D eigenvalue weighted by atomic mass is 9.73. The van der Waals surface area contributed by atoms with Gasteiger partial charge in [0.1, 0.15) is 17.2 Å². The van der Waals surface area contributed by atoms with Crippen LogP contribution in [0.2, 0.25) is 0 Å². The molecule has 7 nitrogen and oxygen atoms in total. The molecule has 4 rings (SSSR count). The SMILES string of the molecule is COc1cccc2c1C(=O)c1c(O)c3c(c(O)c1C2=O)C[C@@](O)([C@@H](C)O)CC3. The standard InChI is InChI=1S/C21H20O7/c1-9(22)21(27)7-6-10-12(8-21)19(25)15-16(17(10)23)20(26)14-11(18(15)24)4-3-5-13(14)28-2/h3-5,9,22-23,25,27H,6-8H2,1-2H3/t9-,21-/m1/s1. The minimum absolute atomic E-state index is 0.0495. The van der Waals surface area contributed by atoms with Crippen molar-refractivity contribution in [3.63, 3.8) is 0 Å². The monoisotopic (exact) mass is 384 g/mol. The molecule has 28 heavy (non-hydrogen) atoms. The summed E-state index contributed by atoms with van der Waals surface area (Å²) in [4.78, 5) is 26.2. The average Bonchev–Trinajstić information content (AvgIpc) is 2.68. The van der Waals surface area contributed by atoms with Gasteiger partial charge in [-0.05, 0) is 25.8 Å². The molecule has 0 fully saturated rings. The van der Waals surface area contributed by atoms with Gasteiger partial charge in [-0.2, -0.15) is 0 Å². The Labute approximate surface area is 160 Å². The number of aliphatic hydroxyl groups is 2. The van der Waals surface area contributed by atoms with Crippen LogP contribution in [0.25, 0.3) is 0 Å². The summed E-state index contributed by atoms with van der Waals surface area (Å²) in [6.07, 6.45) is -0.922. The van der Waals surface area contributed by atoms with E-state index in [4.69, 9.17) is 4.74 Å². The molecule has 0 aromatic heterocycles. The fourth-order valence-corrected chi connectivity index (χ4v) is 4.20. The van der Waals surface area contributed by atoms with E-state index in [-0.39, 0.29) is 58.6 Å². The number of hydrogen-bond donors (Lipinski definition) is 4. The molecule has 0 heterocycles. The van der Waals surface area contributed by atoms with Gasteiger partial charge in [0.25, 0.3) is 0 Å². The third kappa shape index (κ3) is 2.30. The van der Waals surface area contributed by atoms with Crippen LogP contribution in [0.4, 0.5) is 0 Å². The zero-order chi connectivity index (χ0) is 20.4. The van der Waals surface area contributed by atoms with Gasteiger partial charge in [0.2, 0.25) is 5.78 Å². The van der Waals surface area contributed by atoms with Gasteiger partial charge in [-0.1, -0.05) is 12.1 Å². The van der Waals surface area contributed by atoms with Crippen molar-refractivity contribution in [2.75, 3.05) is 7.11 Å². The minimum atomic E-state index is -1.49. The fourth-order valence-electron chi connectivity index (χ4n) is 4.20. The van der Waals surface area contributed by atoms with E-state index in [0.717, 1.165) is 0 Å². The van der Waals surface area contributed by atoms with E-state index < -0.39 is 29.0 Å². The Balaban J connectivity index is 1.99. The van der Waals surface area contributed by atoms with E-state index in [1.807, 2.05) is 0 Å². The predicted octanol–water partition coefficient (Wildman–Crippen LogP) is 1.48. The maximum Gasteiger partial charge on any atom is 0.202 e. The molecule has 2 aromatic carbocycles. The van der Waals surface area contributed by atoms with Gasteiger partial charge in [0.05, 0.1) is 35.5 Å². The maximum atomic E-state index is 13.1. The van der Waals surface area contributed by atoms with Crippen LogP contribution in [-0.2, 0) is 12.8 Å². The molecule has 2 aliphatic rings. The molecule has 0 unspecified atom stereocenters. The van der Waals surface area contributed by atoms with Gasteiger partial charge in [0, 0.05) is 23.1 Å². The summed E-state index contributed by atoms with van der Waals surface area (Å²) in [5.74, 6) is -1.81. The molecule has 0 bridgehead atoms. The van der Waals surface area contributed by atoms with Crippen molar-refractivity contribution in [3.05, 3.63) is 51.6 Å². The van der Waals surface area contributed by atoms with Crippen molar-refractivity contribution in [2.45, 2.75) is 37.9 Å². The number of aromatic hydroxyl groups is 2. The number of methoxy groups -OCH3 is 1. The van der Waals surface area contributed by atoms with Crippen LogP contribution in [0, 0.1) is 0 Å². The molecule has 7 heteroatoms. The van der Waals surface area contributed by atoms with Crippen LogP contribution in [0.1, 0.15) is 56.3 Å². The second-order valence-electron chi connectivity index (χ2n) is 7.40. The van der Waals surface area contributed by atoms with Gasteiger partial charge in [-0.25, -0.2) is 0 Å². The van der Waals surface area contributed by atoms with Gasteiger partial charge < -0.3 is 25.2 Å². The number of hydrogen-bond acceptors (Lipinski definition) is 7. The van der Waals surface area contributed by atoms with Crippen molar-refractivity contribution >= 4 is 11.6 Å². The van der Waals surface area contributed by atoms with Crippen molar-refractivity contribution in [1.29, 1.82) is 0 Å². The van der Waals surface area contributed by atoms with Crippen LogP contribution < -0.4 is 4.74 Å². The van der Waals surface area contributed by atoms with E-state index in [1.165, 1.54) is 20.1 Å². The van der Waals surface area contributed by atoms with E-state index in [1.54, 1.807) is 12.1 Å². The third-order valence-electron chi connectivity index (χ3n) is 5.90.